The van der Waals surface area contributed by atoms with Crippen molar-refractivity contribution in [2.24, 2.45) is 5.92 Å². The molecule has 0 spiro atoms. The fourth-order valence-electron chi connectivity index (χ4n) is 3.96. The van der Waals surface area contributed by atoms with Crippen molar-refractivity contribution in [1.29, 1.82) is 0 Å². The number of hydrogen-bond acceptors (Lipinski definition) is 4. The molecule has 3 heterocycles. The zero-order valence-corrected chi connectivity index (χ0v) is 16.8. The molecule has 1 aromatic heterocycles. The number of carbonyl (C=O) groups is 2. The Bertz CT molecular complexity index is 853. The molecule has 2 aliphatic rings. The summed E-state index contributed by atoms with van der Waals surface area (Å²) in [6.45, 7) is 4.67. The average Bonchev–Trinajstić information content (AvgIpc) is 3.36. The highest BCUT2D eigenvalue weighted by Crippen LogP contribution is 2.23. The molecular formula is C22H28N4O3. The number of piperidine rings is 1. The number of nitrogens with one attached hydrogen (secondary N) is 1. The van der Waals surface area contributed by atoms with E-state index in [1.54, 1.807) is 6.20 Å². The first-order valence-corrected chi connectivity index (χ1v) is 10.4. The summed E-state index contributed by atoms with van der Waals surface area (Å²) in [7, 11) is 0. The van der Waals surface area contributed by atoms with Gasteiger partial charge < -0.3 is 19.5 Å². The first-order chi connectivity index (χ1) is 14.1. The number of aromatic nitrogens is 2. The second-order valence-corrected chi connectivity index (χ2v) is 8.08. The van der Waals surface area contributed by atoms with Gasteiger partial charge in [-0.05, 0) is 49.4 Å². The topological polar surface area (TPSA) is 76.5 Å². The third-order valence-electron chi connectivity index (χ3n) is 5.83. The summed E-state index contributed by atoms with van der Waals surface area (Å²) in [5, 5.41) is 2.99. The van der Waals surface area contributed by atoms with Crippen molar-refractivity contribution in [3.8, 4) is 17.1 Å². The molecule has 1 N–H and O–H groups in total. The van der Waals surface area contributed by atoms with Crippen LogP contribution in [0.25, 0.3) is 11.4 Å². The Morgan fingerprint density at radius 3 is 2.66 bits per heavy atom. The predicted molar refractivity (Wildman–Crippen MR) is 109 cm³/mol. The van der Waals surface area contributed by atoms with E-state index in [9.17, 15) is 9.59 Å². The normalized spacial score (nSPS) is 20.0. The molecule has 4 rings (SSSR count). The van der Waals surface area contributed by atoms with E-state index in [2.05, 4.69) is 21.8 Å². The van der Waals surface area contributed by atoms with Crippen molar-refractivity contribution in [3.63, 3.8) is 0 Å². The Labute approximate surface area is 171 Å². The van der Waals surface area contributed by atoms with Gasteiger partial charge in [-0.3, -0.25) is 9.59 Å². The van der Waals surface area contributed by atoms with Gasteiger partial charge in [-0.2, -0.15) is 0 Å². The number of imidazole rings is 1. The van der Waals surface area contributed by atoms with Gasteiger partial charge in [0.05, 0.1) is 0 Å². The summed E-state index contributed by atoms with van der Waals surface area (Å²) in [5.41, 5.74) is 0.975. The minimum atomic E-state index is 0.0510. The van der Waals surface area contributed by atoms with Crippen LogP contribution >= 0.6 is 0 Å². The molecule has 0 bridgehead atoms. The van der Waals surface area contributed by atoms with E-state index in [1.165, 1.54) is 0 Å². The lowest BCUT2D eigenvalue weighted by atomic mass is 9.99. The Morgan fingerprint density at radius 1 is 1.21 bits per heavy atom. The van der Waals surface area contributed by atoms with Crippen molar-refractivity contribution in [2.45, 2.75) is 45.2 Å². The highest BCUT2D eigenvalue weighted by atomic mass is 16.5. The van der Waals surface area contributed by atoms with Crippen molar-refractivity contribution in [2.75, 3.05) is 19.7 Å². The summed E-state index contributed by atoms with van der Waals surface area (Å²) in [6.07, 6.45) is 7.29. The van der Waals surface area contributed by atoms with E-state index in [-0.39, 0.29) is 24.5 Å². The van der Waals surface area contributed by atoms with Crippen LogP contribution in [0.15, 0.2) is 36.7 Å². The van der Waals surface area contributed by atoms with Crippen LogP contribution in [-0.2, 0) is 16.1 Å². The zero-order chi connectivity index (χ0) is 20.2. The van der Waals surface area contributed by atoms with E-state index < -0.39 is 0 Å². The summed E-state index contributed by atoms with van der Waals surface area (Å²) in [6, 6.07) is 7.80. The smallest absolute Gasteiger partial charge is 0.260 e. The van der Waals surface area contributed by atoms with Crippen LogP contribution in [0.5, 0.6) is 5.75 Å². The Kier molecular flexibility index (Phi) is 5.83. The molecule has 0 saturated carbocycles. The van der Waals surface area contributed by atoms with Gasteiger partial charge >= 0.3 is 0 Å². The molecule has 7 heteroatoms. The first kappa shape index (κ1) is 19.5. The molecule has 2 amide bonds. The lowest BCUT2D eigenvalue weighted by Crippen LogP contribution is -2.40. The van der Waals surface area contributed by atoms with E-state index in [0.717, 1.165) is 43.7 Å². The second kappa shape index (κ2) is 8.68. The van der Waals surface area contributed by atoms with Gasteiger partial charge in [-0.1, -0.05) is 6.92 Å². The molecule has 2 aliphatic heterocycles. The fourth-order valence-corrected chi connectivity index (χ4v) is 3.96. The maximum atomic E-state index is 12.3. The van der Waals surface area contributed by atoms with E-state index in [0.29, 0.717) is 24.6 Å². The Hall–Kier alpha value is -2.83. The van der Waals surface area contributed by atoms with Crippen LogP contribution in [0.1, 0.15) is 32.6 Å². The first-order valence-electron chi connectivity index (χ1n) is 10.4. The molecule has 154 valence electrons. The molecule has 2 aromatic rings. The molecule has 29 heavy (non-hydrogen) atoms. The molecule has 1 atom stereocenters. The quantitative estimate of drug-likeness (QED) is 0.814. The molecule has 1 aromatic carbocycles. The Balaban J connectivity index is 1.33. The third-order valence-corrected chi connectivity index (χ3v) is 5.83. The van der Waals surface area contributed by atoms with Gasteiger partial charge in [-0.25, -0.2) is 4.98 Å². The van der Waals surface area contributed by atoms with E-state index in [4.69, 9.17) is 4.74 Å². The van der Waals surface area contributed by atoms with Crippen molar-refractivity contribution in [1.82, 2.24) is 19.8 Å². The van der Waals surface area contributed by atoms with Crippen LogP contribution in [0.3, 0.4) is 0 Å². The van der Waals surface area contributed by atoms with E-state index in [1.807, 2.05) is 35.4 Å². The maximum Gasteiger partial charge on any atom is 0.260 e. The number of hydrogen-bond donors (Lipinski definition) is 1. The molecule has 0 aliphatic carbocycles. The molecule has 2 saturated heterocycles. The SMILES string of the molecule is CC1CCN(C(=O)COc2ccc(-c3nccn3CC3CCC(=O)N3)cc2)CC1. The van der Waals surface area contributed by atoms with Crippen LogP contribution in [0, 0.1) is 5.92 Å². The number of amides is 2. The average molecular weight is 396 g/mol. The maximum absolute atomic E-state index is 12.3. The third kappa shape index (κ3) is 4.78. The number of nitrogens with zero attached hydrogens (tertiary/aromatic N) is 3. The zero-order valence-electron chi connectivity index (χ0n) is 16.8. The van der Waals surface area contributed by atoms with Gasteiger partial charge in [0.15, 0.2) is 6.61 Å². The minimum Gasteiger partial charge on any atom is -0.484 e. The lowest BCUT2D eigenvalue weighted by Gasteiger charge is -2.30. The van der Waals surface area contributed by atoms with Gasteiger partial charge in [0, 0.05) is 50.1 Å². The predicted octanol–water partition coefficient (Wildman–Crippen LogP) is 2.47. The highest BCUT2D eigenvalue weighted by molar-refractivity contribution is 5.78. The lowest BCUT2D eigenvalue weighted by molar-refractivity contribution is -0.134. The van der Waals surface area contributed by atoms with Crippen molar-refractivity contribution >= 4 is 11.8 Å². The monoisotopic (exact) mass is 396 g/mol. The fraction of sp³-hybridized carbons (Fsp3) is 0.500. The largest absolute Gasteiger partial charge is 0.484 e. The van der Waals surface area contributed by atoms with E-state index >= 15 is 0 Å². The Morgan fingerprint density at radius 2 is 1.97 bits per heavy atom. The number of likely N-dealkylation sites (tertiary alicyclic amines) is 1. The standard InChI is InChI=1S/C22H28N4O3/c1-16-8-11-25(12-9-16)21(28)15-29-19-5-2-17(3-6-19)22-23-10-13-26(22)14-18-4-7-20(27)24-18/h2-3,5-6,10,13,16,18H,4,7-9,11-12,14-15H2,1H3,(H,24,27). The molecular weight excluding hydrogens is 368 g/mol. The number of ether oxygens (including phenoxy) is 1. The van der Waals surface area contributed by atoms with Gasteiger partial charge in [-0.15, -0.1) is 0 Å². The van der Waals surface area contributed by atoms with Crippen LogP contribution in [0.2, 0.25) is 0 Å². The van der Waals surface area contributed by atoms with Gasteiger partial charge in [0.25, 0.3) is 5.91 Å². The highest BCUT2D eigenvalue weighted by Gasteiger charge is 2.22. The summed E-state index contributed by atoms with van der Waals surface area (Å²) in [4.78, 5) is 30.1. The summed E-state index contributed by atoms with van der Waals surface area (Å²) in [5.74, 6) is 2.40. The van der Waals surface area contributed by atoms with Crippen LogP contribution in [-0.4, -0.2) is 52.0 Å². The van der Waals surface area contributed by atoms with Crippen molar-refractivity contribution < 1.29 is 14.3 Å². The molecule has 7 nitrogen and oxygen atoms in total. The van der Waals surface area contributed by atoms with Crippen LogP contribution < -0.4 is 10.1 Å². The minimum absolute atomic E-state index is 0.0510. The number of benzene rings is 1. The molecule has 2 fully saturated rings. The van der Waals surface area contributed by atoms with Gasteiger partial charge in [0.2, 0.25) is 5.91 Å². The second-order valence-electron chi connectivity index (χ2n) is 8.08. The number of carbonyl (C=O) groups excluding carboxylic acids is 2. The molecule has 1 unspecified atom stereocenters. The van der Waals surface area contributed by atoms with Crippen LogP contribution in [0.4, 0.5) is 0 Å². The van der Waals surface area contributed by atoms with Crippen molar-refractivity contribution in [3.05, 3.63) is 36.7 Å². The number of rotatable bonds is 6. The summed E-state index contributed by atoms with van der Waals surface area (Å²) < 4.78 is 7.77. The van der Waals surface area contributed by atoms with Gasteiger partial charge in [0.1, 0.15) is 11.6 Å². The molecule has 0 radical (unpaired) electrons. The summed E-state index contributed by atoms with van der Waals surface area (Å²) >= 11 is 0.